The third-order valence-corrected chi connectivity index (χ3v) is 3.99. The van der Waals surface area contributed by atoms with E-state index in [0.717, 1.165) is 5.39 Å². The molecule has 1 amide bonds. The topological polar surface area (TPSA) is 88.5 Å². The van der Waals surface area contributed by atoms with Gasteiger partial charge in [0, 0.05) is 37.6 Å². The molecule has 2 N–H and O–H groups in total. The van der Waals surface area contributed by atoms with Gasteiger partial charge < -0.3 is 15.2 Å². The molecule has 6 nitrogen and oxygen atoms in total. The lowest BCUT2D eigenvalue weighted by Crippen LogP contribution is -2.57. The standard InChI is InChI=1S/C16H16N2O4/c19-14(18-16(15(20)21)6-9-22-10-7-16)12-5-1-3-11-4-2-8-17-13(11)12/h1-5,8H,6-7,9-10H2,(H,18,19)(H,20,21). The predicted molar refractivity (Wildman–Crippen MR) is 79.6 cm³/mol. The second kappa shape index (κ2) is 5.73. The van der Waals surface area contributed by atoms with E-state index in [9.17, 15) is 14.7 Å². The molecule has 2 heterocycles. The number of carboxylic acid groups (broad SMARTS) is 1. The first-order chi connectivity index (χ1) is 10.6. The lowest BCUT2D eigenvalue weighted by atomic mass is 9.89. The number of carbonyl (C=O) groups excluding carboxylic acids is 1. The van der Waals surface area contributed by atoms with Gasteiger partial charge in [0.05, 0.1) is 11.1 Å². The Hall–Kier alpha value is -2.47. The molecule has 0 bridgehead atoms. The Morgan fingerprint density at radius 3 is 2.64 bits per heavy atom. The van der Waals surface area contributed by atoms with Gasteiger partial charge in [-0.1, -0.05) is 18.2 Å². The SMILES string of the molecule is O=C(NC1(C(=O)O)CCOCC1)c1cccc2cccnc12. The zero-order valence-electron chi connectivity index (χ0n) is 11.9. The van der Waals surface area contributed by atoms with E-state index >= 15 is 0 Å². The minimum absolute atomic E-state index is 0.256. The van der Waals surface area contributed by atoms with Crippen LogP contribution in [0.25, 0.3) is 10.9 Å². The highest BCUT2D eigenvalue weighted by molar-refractivity contribution is 6.07. The number of hydrogen-bond donors (Lipinski definition) is 2. The fourth-order valence-electron chi connectivity index (χ4n) is 2.68. The van der Waals surface area contributed by atoms with Crippen molar-refractivity contribution in [3.05, 3.63) is 42.1 Å². The van der Waals surface area contributed by atoms with Gasteiger partial charge in [-0.05, 0) is 12.1 Å². The zero-order valence-corrected chi connectivity index (χ0v) is 11.9. The smallest absolute Gasteiger partial charge is 0.329 e. The van der Waals surface area contributed by atoms with Crippen LogP contribution in [0.3, 0.4) is 0 Å². The van der Waals surface area contributed by atoms with Crippen molar-refractivity contribution in [1.82, 2.24) is 10.3 Å². The van der Waals surface area contributed by atoms with Gasteiger partial charge in [0.2, 0.25) is 0 Å². The average Bonchev–Trinajstić information content (AvgIpc) is 2.55. The largest absolute Gasteiger partial charge is 0.480 e. The van der Waals surface area contributed by atoms with Gasteiger partial charge in [-0.3, -0.25) is 9.78 Å². The molecule has 1 aromatic carbocycles. The van der Waals surface area contributed by atoms with Crippen molar-refractivity contribution in [3.8, 4) is 0 Å². The monoisotopic (exact) mass is 300 g/mol. The number of nitrogens with one attached hydrogen (secondary N) is 1. The molecular weight excluding hydrogens is 284 g/mol. The Morgan fingerprint density at radius 1 is 1.18 bits per heavy atom. The number of nitrogens with zero attached hydrogens (tertiary/aromatic N) is 1. The van der Waals surface area contributed by atoms with Crippen LogP contribution in [0, 0.1) is 0 Å². The molecule has 114 valence electrons. The maximum Gasteiger partial charge on any atom is 0.329 e. The third kappa shape index (κ3) is 2.53. The van der Waals surface area contributed by atoms with Crippen LogP contribution in [-0.4, -0.2) is 40.7 Å². The maximum atomic E-state index is 12.6. The molecule has 0 radical (unpaired) electrons. The summed E-state index contributed by atoms with van der Waals surface area (Å²) in [5.74, 6) is -1.45. The normalized spacial score (nSPS) is 17.1. The first kappa shape index (κ1) is 14.5. The van der Waals surface area contributed by atoms with Gasteiger partial charge in [0.1, 0.15) is 5.54 Å². The highest BCUT2D eigenvalue weighted by atomic mass is 16.5. The lowest BCUT2D eigenvalue weighted by Gasteiger charge is -2.33. The van der Waals surface area contributed by atoms with Crippen LogP contribution in [0.5, 0.6) is 0 Å². The molecule has 0 spiro atoms. The van der Waals surface area contributed by atoms with Crippen molar-refractivity contribution in [1.29, 1.82) is 0 Å². The number of carbonyl (C=O) groups is 2. The molecule has 0 aliphatic carbocycles. The Labute approximate surface area is 127 Å². The highest BCUT2D eigenvalue weighted by Gasteiger charge is 2.41. The molecule has 1 aliphatic heterocycles. The van der Waals surface area contributed by atoms with E-state index in [0.29, 0.717) is 24.3 Å². The van der Waals surface area contributed by atoms with Crippen molar-refractivity contribution < 1.29 is 19.4 Å². The van der Waals surface area contributed by atoms with Crippen molar-refractivity contribution in [2.75, 3.05) is 13.2 Å². The van der Waals surface area contributed by atoms with Crippen LogP contribution in [0.1, 0.15) is 23.2 Å². The van der Waals surface area contributed by atoms with E-state index in [4.69, 9.17) is 4.74 Å². The fourth-order valence-corrected chi connectivity index (χ4v) is 2.68. The summed E-state index contributed by atoms with van der Waals surface area (Å²) in [6.45, 7) is 0.640. The minimum Gasteiger partial charge on any atom is -0.480 e. The number of hydrogen-bond acceptors (Lipinski definition) is 4. The summed E-state index contributed by atoms with van der Waals surface area (Å²) in [6, 6.07) is 8.93. The summed E-state index contributed by atoms with van der Waals surface area (Å²) < 4.78 is 5.21. The number of para-hydroxylation sites is 1. The van der Waals surface area contributed by atoms with Gasteiger partial charge >= 0.3 is 5.97 Å². The molecule has 1 fully saturated rings. The van der Waals surface area contributed by atoms with Gasteiger partial charge in [0.15, 0.2) is 0 Å². The number of carboxylic acids is 1. The second-order valence-electron chi connectivity index (χ2n) is 5.33. The highest BCUT2D eigenvalue weighted by Crippen LogP contribution is 2.23. The summed E-state index contributed by atoms with van der Waals surface area (Å²) in [7, 11) is 0. The summed E-state index contributed by atoms with van der Waals surface area (Å²) >= 11 is 0. The summed E-state index contributed by atoms with van der Waals surface area (Å²) in [5.41, 5.74) is -0.327. The number of benzene rings is 1. The molecule has 1 aliphatic rings. The van der Waals surface area contributed by atoms with Gasteiger partial charge in [-0.15, -0.1) is 0 Å². The van der Waals surface area contributed by atoms with E-state index in [1.165, 1.54) is 0 Å². The molecule has 1 saturated heterocycles. The first-order valence-electron chi connectivity index (χ1n) is 7.10. The number of aliphatic carboxylic acids is 1. The van der Waals surface area contributed by atoms with Crippen LogP contribution >= 0.6 is 0 Å². The van der Waals surface area contributed by atoms with Crippen molar-refractivity contribution in [2.24, 2.45) is 0 Å². The third-order valence-electron chi connectivity index (χ3n) is 3.99. The number of pyridine rings is 1. The molecule has 1 aromatic heterocycles. The predicted octanol–water partition coefficient (Wildman–Crippen LogP) is 1.60. The minimum atomic E-state index is -1.27. The van der Waals surface area contributed by atoms with E-state index in [2.05, 4.69) is 10.3 Å². The quantitative estimate of drug-likeness (QED) is 0.899. The molecule has 2 aromatic rings. The van der Waals surface area contributed by atoms with E-state index in [-0.39, 0.29) is 12.8 Å². The molecule has 0 unspecified atom stereocenters. The Balaban J connectivity index is 1.94. The second-order valence-corrected chi connectivity index (χ2v) is 5.33. The van der Waals surface area contributed by atoms with Gasteiger partial charge in [-0.2, -0.15) is 0 Å². The summed E-state index contributed by atoms with van der Waals surface area (Å²) in [6.07, 6.45) is 2.12. The van der Waals surface area contributed by atoms with Crippen molar-refractivity contribution in [2.45, 2.75) is 18.4 Å². The van der Waals surface area contributed by atoms with Gasteiger partial charge in [-0.25, -0.2) is 4.79 Å². The lowest BCUT2D eigenvalue weighted by molar-refractivity contribution is -0.148. The van der Waals surface area contributed by atoms with E-state index < -0.39 is 17.4 Å². The van der Waals surface area contributed by atoms with Crippen LogP contribution in [0.15, 0.2) is 36.5 Å². The Morgan fingerprint density at radius 2 is 1.91 bits per heavy atom. The van der Waals surface area contributed by atoms with Crippen molar-refractivity contribution in [3.63, 3.8) is 0 Å². The van der Waals surface area contributed by atoms with Gasteiger partial charge in [0.25, 0.3) is 5.91 Å². The van der Waals surface area contributed by atoms with Crippen LogP contribution in [0.4, 0.5) is 0 Å². The van der Waals surface area contributed by atoms with Crippen LogP contribution in [-0.2, 0) is 9.53 Å². The van der Waals surface area contributed by atoms with E-state index in [1.54, 1.807) is 24.4 Å². The van der Waals surface area contributed by atoms with Crippen LogP contribution < -0.4 is 5.32 Å². The molecule has 6 heteroatoms. The molecule has 3 rings (SSSR count). The first-order valence-corrected chi connectivity index (χ1v) is 7.10. The number of aromatic nitrogens is 1. The average molecular weight is 300 g/mol. The summed E-state index contributed by atoms with van der Waals surface area (Å²) in [5, 5.41) is 13.0. The number of fused-ring (bicyclic) bond motifs is 1. The molecular formula is C16H16N2O4. The number of rotatable bonds is 3. The fraction of sp³-hybridized carbons (Fsp3) is 0.312. The number of amides is 1. The summed E-state index contributed by atoms with van der Waals surface area (Å²) in [4.78, 5) is 28.4. The van der Waals surface area contributed by atoms with Crippen LogP contribution in [0.2, 0.25) is 0 Å². The van der Waals surface area contributed by atoms with E-state index in [1.807, 2.05) is 12.1 Å². The molecule has 22 heavy (non-hydrogen) atoms. The maximum absolute atomic E-state index is 12.6. The Kier molecular flexibility index (Phi) is 3.77. The zero-order chi connectivity index (χ0) is 15.6. The Bertz CT molecular complexity index is 718. The molecule has 0 atom stereocenters. The number of ether oxygens (including phenoxy) is 1. The van der Waals surface area contributed by atoms with Crippen molar-refractivity contribution >= 4 is 22.8 Å². The molecule has 0 saturated carbocycles.